The molecule has 0 saturated carbocycles. The molecule has 0 radical (unpaired) electrons. The van der Waals surface area contributed by atoms with Gasteiger partial charge in [0, 0.05) is 25.5 Å². The maximum absolute atomic E-state index is 12.5. The summed E-state index contributed by atoms with van der Waals surface area (Å²) in [5.41, 5.74) is 4.54. The summed E-state index contributed by atoms with van der Waals surface area (Å²) in [5, 5.41) is 15.0. The van der Waals surface area contributed by atoms with Crippen molar-refractivity contribution in [3.05, 3.63) is 53.1 Å². The van der Waals surface area contributed by atoms with Gasteiger partial charge in [-0.15, -0.1) is 10.2 Å². The van der Waals surface area contributed by atoms with Gasteiger partial charge in [-0.2, -0.15) is 0 Å². The highest BCUT2D eigenvalue weighted by molar-refractivity contribution is 8.01. The van der Waals surface area contributed by atoms with Crippen LogP contribution < -0.4 is 10.6 Å². The summed E-state index contributed by atoms with van der Waals surface area (Å²) >= 11 is 2.64. The van der Waals surface area contributed by atoms with Gasteiger partial charge in [0.05, 0.1) is 10.6 Å². The van der Waals surface area contributed by atoms with Gasteiger partial charge in [-0.1, -0.05) is 41.3 Å². The van der Waals surface area contributed by atoms with E-state index in [0.29, 0.717) is 15.2 Å². The van der Waals surface area contributed by atoms with Crippen LogP contribution in [0.5, 0.6) is 0 Å². The van der Waals surface area contributed by atoms with E-state index in [1.54, 1.807) is 6.07 Å². The minimum atomic E-state index is -3.58. The van der Waals surface area contributed by atoms with E-state index in [1.165, 1.54) is 54.9 Å². The number of amides is 1. The molecule has 1 amide bonds. The highest BCUT2D eigenvalue weighted by Gasteiger charge is 2.19. The number of rotatable bonds is 8. The highest BCUT2D eigenvalue weighted by atomic mass is 32.2. The number of carbonyl (C=O) groups excluding carboxylic acids is 1. The fourth-order valence-corrected chi connectivity index (χ4v) is 5.23. The number of hydrogen-bond acceptors (Lipinski definition) is 8. The molecule has 1 heterocycles. The Hall–Kier alpha value is -2.47. The second-order valence-electron chi connectivity index (χ2n) is 7.35. The molecule has 0 fully saturated rings. The molecule has 32 heavy (non-hydrogen) atoms. The highest BCUT2D eigenvalue weighted by Crippen LogP contribution is 2.30. The molecule has 2 aromatic carbocycles. The predicted octanol–water partition coefficient (Wildman–Crippen LogP) is 4.19. The maximum atomic E-state index is 12.5. The third-order valence-corrected chi connectivity index (χ3v) is 8.62. The molecule has 3 aromatic rings. The van der Waals surface area contributed by atoms with E-state index < -0.39 is 10.0 Å². The van der Waals surface area contributed by atoms with Crippen molar-refractivity contribution in [1.82, 2.24) is 14.5 Å². The van der Waals surface area contributed by atoms with E-state index in [4.69, 9.17) is 0 Å². The Morgan fingerprint density at radius 1 is 1.06 bits per heavy atom. The van der Waals surface area contributed by atoms with Crippen molar-refractivity contribution >= 4 is 55.5 Å². The summed E-state index contributed by atoms with van der Waals surface area (Å²) in [7, 11) is -0.647. The Kier molecular flexibility index (Phi) is 7.55. The van der Waals surface area contributed by atoms with Crippen molar-refractivity contribution in [3.63, 3.8) is 0 Å². The average Bonchev–Trinajstić information content (AvgIpc) is 3.18. The minimum absolute atomic E-state index is 0.127. The second kappa shape index (κ2) is 9.99. The van der Waals surface area contributed by atoms with Gasteiger partial charge < -0.3 is 10.6 Å². The smallest absolute Gasteiger partial charge is 0.242 e. The first-order valence-corrected chi connectivity index (χ1v) is 12.9. The number of sulfonamides is 1. The van der Waals surface area contributed by atoms with Gasteiger partial charge in [0.25, 0.3) is 0 Å². The van der Waals surface area contributed by atoms with Crippen molar-refractivity contribution < 1.29 is 13.2 Å². The van der Waals surface area contributed by atoms with Gasteiger partial charge in [-0.3, -0.25) is 4.79 Å². The topological polar surface area (TPSA) is 104 Å². The fraction of sp³-hybridized carbons (Fsp3) is 0.286. The molecule has 2 N–H and O–H groups in total. The Balaban J connectivity index is 1.62. The Morgan fingerprint density at radius 3 is 2.53 bits per heavy atom. The summed E-state index contributed by atoms with van der Waals surface area (Å²) in [6, 6.07) is 10.7. The number of hydrogen-bond donors (Lipinski definition) is 2. The van der Waals surface area contributed by atoms with Crippen molar-refractivity contribution in [2.24, 2.45) is 0 Å². The van der Waals surface area contributed by atoms with Crippen molar-refractivity contribution in [1.29, 1.82) is 0 Å². The summed E-state index contributed by atoms with van der Waals surface area (Å²) in [5.74, 6) is -0.126. The number of anilines is 3. The number of aryl methyl sites for hydroxylation is 2. The summed E-state index contributed by atoms with van der Waals surface area (Å²) < 4.78 is 26.5. The lowest BCUT2D eigenvalue weighted by Crippen LogP contribution is -2.22. The van der Waals surface area contributed by atoms with Crippen LogP contribution in [0.15, 0.2) is 45.6 Å². The van der Waals surface area contributed by atoms with E-state index >= 15 is 0 Å². The lowest BCUT2D eigenvalue weighted by molar-refractivity contribution is -0.113. The molecule has 3 rings (SSSR count). The molecule has 0 aliphatic rings. The predicted molar refractivity (Wildman–Crippen MR) is 131 cm³/mol. The van der Waals surface area contributed by atoms with Crippen LogP contribution in [0.4, 0.5) is 16.5 Å². The molecule has 0 spiro atoms. The molecule has 11 heteroatoms. The normalized spacial score (nSPS) is 11.6. The van der Waals surface area contributed by atoms with E-state index in [1.807, 2.05) is 39.0 Å². The van der Waals surface area contributed by atoms with Crippen LogP contribution >= 0.6 is 23.1 Å². The molecule has 0 atom stereocenters. The van der Waals surface area contributed by atoms with Crippen LogP contribution in [0.1, 0.15) is 16.7 Å². The van der Waals surface area contributed by atoms with Gasteiger partial charge >= 0.3 is 0 Å². The number of aromatic nitrogens is 2. The van der Waals surface area contributed by atoms with Crippen LogP contribution in [0.3, 0.4) is 0 Å². The van der Waals surface area contributed by atoms with E-state index in [2.05, 4.69) is 20.8 Å². The number of benzene rings is 2. The standard InChI is InChI=1S/C21H25N5O3S3/c1-13-7-6-8-17(15(13)3)23-20-24-25-21(31-20)30-12-19(27)22-18-11-16(10-9-14(18)2)32(28,29)26(4)5/h6-11H,12H2,1-5H3,(H,22,27)(H,23,24). The zero-order chi connectivity index (χ0) is 23.5. The van der Waals surface area contributed by atoms with E-state index in [9.17, 15) is 13.2 Å². The maximum Gasteiger partial charge on any atom is 0.242 e. The fourth-order valence-electron chi connectivity index (χ4n) is 2.74. The Labute approximate surface area is 196 Å². The van der Waals surface area contributed by atoms with Crippen LogP contribution in [-0.4, -0.2) is 48.7 Å². The zero-order valence-electron chi connectivity index (χ0n) is 18.5. The molecule has 1 aromatic heterocycles. The van der Waals surface area contributed by atoms with Gasteiger partial charge in [-0.25, -0.2) is 12.7 Å². The third-order valence-electron chi connectivity index (χ3n) is 4.84. The summed E-state index contributed by atoms with van der Waals surface area (Å²) in [4.78, 5) is 12.6. The van der Waals surface area contributed by atoms with Crippen molar-refractivity contribution in [2.75, 3.05) is 30.5 Å². The van der Waals surface area contributed by atoms with Gasteiger partial charge in [0.1, 0.15) is 0 Å². The van der Waals surface area contributed by atoms with E-state index in [-0.39, 0.29) is 16.6 Å². The number of thioether (sulfide) groups is 1. The molecule has 0 aliphatic carbocycles. The zero-order valence-corrected chi connectivity index (χ0v) is 20.9. The van der Waals surface area contributed by atoms with Crippen LogP contribution in [-0.2, 0) is 14.8 Å². The molecule has 0 aliphatic heterocycles. The minimum Gasteiger partial charge on any atom is -0.330 e. The molecular weight excluding hydrogens is 466 g/mol. The summed E-state index contributed by atoms with van der Waals surface area (Å²) in [6.07, 6.45) is 0. The van der Waals surface area contributed by atoms with E-state index in [0.717, 1.165) is 21.1 Å². The number of nitrogens with one attached hydrogen (secondary N) is 2. The molecule has 170 valence electrons. The summed E-state index contributed by atoms with van der Waals surface area (Å²) in [6.45, 7) is 5.90. The molecule has 0 unspecified atom stereocenters. The second-order valence-corrected chi connectivity index (χ2v) is 11.7. The Bertz CT molecular complexity index is 1240. The van der Waals surface area contributed by atoms with Crippen molar-refractivity contribution in [2.45, 2.75) is 30.0 Å². The lowest BCUT2D eigenvalue weighted by atomic mass is 10.1. The monoisotopic (exact) mass is 491 g/mol. The van der Waals surface area contributed by atoms with Crippen LogP contribution in [0.2, 0.25) is 0 Å². The first-order valence-electron chi connectivity index (χ1n) is 9.70. The average molecular weight is 492 g/mol. The third kappa shape index (κ3) is 5.66. The van der Waals surface area contributed by atoms with Gasteiger partial charge in [0.2, 0.25) is 21.1 Å². The number of nitrogens with zero attached hydrogens (tertiary/aromatic N) is 3. The first kappa shape index (κ1) is 24.2. The SMILES string of the molecule is Cc1ccc(S(=O)(=O)N(C)C)cc1NC(=O)CSc1nnc(Nc2cccc(C)c2C)s1. The molecule has 0 bridgehead atoms. The van der Waals surface area contributed by atoms with Gasteiger partial charge in [0.15, 0.2) is 4.34 Å². The Morgan fingerprint density at radius 2 is 1.81 bits per heavy atom. The van der Waals surface area contributed by atoms with Crippen LogP contribution in [0.25, 0.3) is 0 Å². The molecule has 0 saturated heterocycles. The largest absolute Gasteiger partial charge is 0.330 e. The number of carbonyl (C=O) groups is 1. The molecule has 8 nitrogen and oxygen atoms in total. The molecular formula is C21H25N5O3S3. The van der Waals surface area contributed by atoms with Crippen molar-refractivity contribution in [3.8, 4) is 0 Å². The quantitative estimate of drug-likeness (QED) is 0.455. The van der Waals surface area contributed by atoms with Gasteiger partial charge in [-0.05, 0) is 55.7 Å². The first-order chi connectivity index (χ1) is 15.1. The van der Waals surface area contributed by atoms with Crippen LogP contribution in [0, 0.1) is 20.8 Å². The lowest BCUT2D eigenvalue weighted by Gasteiger charge is -2.14.